The maximum Gasteiger partial charge on any atom is 0.151 e. The van der Waals surface area contributed by atoms with Crippen LogP contribution in [0.3, 0.4) is 0 Å². The maximum atomic E-state index is 13.1. The van der Waals surface area contributed by atoms with Crippen LogP contribution in [0.4, 0.5) is 4.39 Å². The van der Waals surface area contributed by atoms with Crippen LogP contribution in [0.25, 0.3) is 0 Å². The lowest BCUT2D eigenvalue weighted by molar-refractivity contribution is 0.298. The topological polar surface area (TPSA) is 35.0 Å². The SMILES string of the molecule is Fc1cc(Br)cc(OCc2ccc(Cl)nn2)c1. The van der Waals surface area contributed by atoms with Crippen molar-refractivity contribution in [1.29, 1.82) is 0 Å². The Hall–Kier alpha value is -1.20. The molecule has 6 heteroatoms. The molecule has 0 bridgehead atoms. The molecule has 0 unspecified atom stereocenters. The first-order chi connectivity index (χ1) is 8.13. The summed E-state index contributed by atoms with van der Waals surface area (Å²) in [4.78, 5) is 0. The highest BCUT2D eigenvalue weighted by Crippen LogP contribution is 2.21. The Kier molecular flexibility index (Phi) is 3.91. The van der Waals surface area contributed by atoms with Gasteiger partial charge in [-0.25, -0.2) is 4.39 Å². The third-order valence-corrected chi connectivity index (χ3v) is 2.57. The number of benzene rings is 1. The summed E-state index contributed by atoms with van der Waals surface area (Å²) in [7, 11) is 0. The van der Waals surface area contributed by atoms with E-state index in [4.69, 9.17) is 16.3 Å². The van der Waals surface area contributed by atoms with E-state index in [-0.39, 0.29) is 12.4 Å². The minimum atomic E-state index is -0.364. The molecule has 0 saturated carbocycles. The van der Waals surface area contributed by atoms with Crippen molar-refractivity contribution in [2.75, 3.05) is 0 Å². The first kappa shape index (κ1) is 12.3. The van der Waals surface area contributed by atoms with Crippen LogP contribution in [-0.4, -0.2) is 10.2 Å². The molecule has 1 aromatic heterocycles. The summed E-state index contributed by atoms with van der Waals surface area (Å²) in [5, 5.41) is 7.83. The summed E-state index contributed by atoms with van der Waals surface area (Å²) in [6.07, 6.45) is 0. The number of halogens is 3. The van der Waals surface area contributed by atoms with E-state index < -0.39 is 0 Å². The fourth-order valence-corrected chi connectivity index (χ4v) is 1.73. The Morgan fingerprint density at radius 2 is 2.06 bits per heavy atom. The van der Waals surface area contributed by atoms with E-state index >= 15 is 0 Å². The second-order valence-corrected chi connectivity index (χ2v) is 4.54. The van der Waals surface area contributed by atoms with E-state index in [0.29, 0.717) is 21.1 Å². The van der Waals surface area contributed by atoms with Crippen molar-refractivity contribution in [1.82, 2.24) is 10.2 Å². The average molecular weight is 318 g/mol. The fraction of sp³-hybridized carbons (Fsp3) is 0.0909. The van der Waals surface area contributed by atoms with Gasteiger partial charge in [-0.2, -0.15) is 5.10 Å². The van der Waals surface area contributed by atoms with Crippen LogP contribution in [0.1, 0.15) is 5.69 Å². The monoisotopic (exact) mass is 316 g/mol. The Morgan fingerprint density at radius 1 is 1.24 bits per heavy atom. The van der Waals surface area contributed by atoms with Gasteiger partial charge in [0.2, 0.25) is 0 Å². The van der Waals surface area contributed by atoms with Gasteiger partial charge in [0.15, 0.2) is 5.15 Å². The van der Waals surface area contributed by atoms with Crippen LogP contribution in [0, 0.1) is 5.82 Å². The van der Waals surface area contributed by atoms with Crippen LogP contribution < -0.4 is 4.74 Å². The molecule has 3 nitrogen and oxygen atoms in total. The molecule has 0 atom stereocenters. The normalized spacial score (nSPS) is 10.3. The summed E-state index contributed by atoms with van der Waals surface area (Å²) < 4.78 is 19.0. The molecule has 1 heterocycles. The second kappa shape index (κ2) is 5.42. The van der Waals surface area contributed by atoms with Crippen LogP contribution >= 0.6 is 27.5 Å². The van der Waals surface area contributed by atoms with Gasteiger partial charge in [0.1, 0.15) is 23.9 Å². The van der Waals surface area contributed by atoms with Crippen molar-refractivity contribution in [3.8, 4) is 5.75 Å². The van der Waals surface area contributed by atoms with Crippen LogP contribution in [0.15, 0.2) is 34.8 Å². The lowest BCUT2D eigenvalue weighted by Crippen LogP contribution is -1.99. The van der Waals surface area contributed by atoms with Crippen molar-refractivity contribution >= 4 is 27.5 Å². The molecule has 0 aliphatic carbocycles. The van der Waals surface area contributed by atoms with Gasteiger partial charge in [0.25, 0.3) is 0 Å². The highest BCUT2D eigenvalue weighted by atomic mass is 79.9. The molecule has 2 aromatic rings. The van der Waals surface area contributed by atoms with Gasteiger partial charge in [-0.15, -0.1) is 5.10 Å². The smallest absolute Gasteiger partial charge is 0.151 e. The molecule has 0 radical (unpaired) electrons. The van der Waals surface area contributed by atoms with E-state index in [0.717, 1.165) is 0 Å². The van der Waals surface area contributed by atoms with E-state index in [2.05, 4.69) is 26.1 Å². The predicted octanol–water partition coefficient (Wildman–Crippen LogP) is 3.61. The summed E-state index contributed by atoms with van der Waals surface area (Å²) >= 11 is 8.78. The first-order valence-electron chi connectivity index (χ1n) is 4.70. The maximum absolute atomic E-state index is 13.1. The third kappa shape index (κ3) is 3.64. The largest absolute Gasteiger partial charge is 0.487 e. The van der Waals surface area contributed by atoms with Crippen molar-refractivity contribution in [3.05, 3.63) is 51.5 Å². The summed E-state index contributed by atoms with van der Waals surface area (Å²) in [5.41, 5.74) is 0.620. The zero-order valence-corrected chi connectivity index (χ0v) is 10.9. The second-order valence-electron chi connectivity index (χ2n) is 3.24. The molecule has 88 valence electrons. The highest BCUT2D eigenvalue weighted by Gasteiger charge is 2.02. The molecule has 0 fully saturated rings. The molecule has 2 rings (SSSR count). The number of aromatic nitrogens is 2. The lowest BCUT2D eigenvalue weighted by Gasteiger charge is -2.05. The van der Waals surface area contributed by atoms with Gasteiger partial charge in [-0.3, -0.25) is 0 Å². The summed E-state index contributed by atoms with van der Waals surface area (Å²) in [6, 6.07) is 7.65. The molecule has 0 spiro atoms. The summed E-state index contributed by atoms with van der Waals surface area (Å²) in [5.74, 6) is 0.0604. The molecule has 0 N–H and O–H groups in total. The first-order valence-corrected chi connectivity index (χ1v) is 5.87. The van der Waals surface area contributed by atoms with Gasteiger partial charge in [0, 0.05) is 10.5 Å². The minimum Gasteiger partial charge on any atom is -0.487 e. The Bertz CT molecular complexity index is 501. The van der Waals surface area contributed by atoms with Crippen LogP contribution in [0.2, 0.25) is 5.15 Å². The fourth-order valence-electron chi connectivity index (χ4n) is 1.19. The van der Waals surface area contributed by atoms with Gasteiger partial charge in [0.05, 0.1) is 0 Å². The summed E-state index contributed by atoms with van der Waals surface area (Å²) in [6.45, 7) is 0.208. The standard InChI is InChI=1S/C11H7BrClFN2O/c12-7-3-8(14)5-10(4-7)17-6-9-1-2-11(13)16-15-9/h1-5H,6H2. The molecule has 17 heavy (non-hydrogen) atoms. The van der Waals surface area contributed by atoms with Crippen molar-refractivity contribution in [3.63, 3.8) is 0 Å². The van der Waals surface area contributed by atoms with Crippen LogP contribution in [-0.2, 0) is 6.61 Å². The average Bonchev–Trinajstić information content (AvgIpc) is 2.27. The zero-order chi connectivity index (χ0) is 12.3. The van der Waals surface area contributed by atoms with E-state index in [1.807, 2.05) is 0 Å². The van der Waals surface area contributed by atoms with Crippen molar-refractivity contribution in [2.24, 2.45) is 0 Å². The molecule has 0 amide bonds. The number of hydrogen-bond donors (Lipinski definition) is 0. The van der Waals surface area contributed by atoms with Gasteiger partial charge < -0.3 is 4.74 Å². The quantitative estimate of drug-likeness (QED) is 0.867. The van der Waals surface area contributed by atoms with Crippen molar-refractivity contribution in [2.45, 2.75) is 6.61 Å². The molecule has 0 aliphatic heterocycles. The number of rotatable bonds is 3. The van der Waals surface area contributed by atoms with Crippen LogP contribution in [0.5, 0.6) is 5.75 Å². The highest BCUT2D eigenvalue weighted by molar-refractivity contribution is 9.10. The molecule has 0 saturated heterocycles. The van der Waals surface area contributed by atoms with Crippen molar-refractivity contribution < 1.29 is 9.13 Å². The van der Waals surface area contributed by atoms with E-state index in [1.54, 1.807) is 18.2 Å². The number of ether oxygens (including phenoxy) is 1. The van der Waals surface area contributed by atoms with E-state index in [1.165, 1.54) is 12.1 Å². The minimum absolute atomic E-state index is 0.208. The molecule has 1 aromatic carbocycles. The Balaban J connectivity index is 2.04. The van der Waals surface area contributed by atoms with Gasteiger partial charge in [-0.05, 0) is 24.3 Å². The van der Waals surface area contributed by atoms with Gasteiger partial charge >= 0.3 is 0 Å². The predicted molar refractivity (Wildman–Crippen MR) is 65.5 cm³/mol. The molecular formula is C11H7BrClFN2O. The number of hydrogen-bond acceptors (Lipinski definition) is 3. The molecular weight excluding hydrogens is 310 g/mol. The zero-order valence-electron chi connectivity index (χ0n) is 8.53. The third-order valence-electron chi connectivity index (χ3n) is 1.91. The van der Waals surface area contributed by atoms with E-state index in [9.17, 15) is 4.39 Å². The Morgan fingerprint density at radius 3 is 2.71 bits per heavy atom. The lowest BCUT2D eigenvalue weighted by atomic mass is 10.3. The van der Waals surface area contributed by atoms with Gasteiger partial charge in [-0.1, -0.05) is 27.5 Å². The Labute approximate surface area is 111 Å². The number of nitrogens with zero attached hydrogens (tertiary/aromatic N) is 2. The molecule has 0 aliphatic rings.